The minimum atomic E-state index is -0.0200. The van der Waals surface area contributed by atoms with Crippen LogP contribution in [-0.2, 0) is 0 Å². The highest BCUT2D eigenvalue weighted by Gasteiger charge is 1.89. The number of rotatable bonds is 3. The van der Waals surface area contributed by atoms with Crippen LogP contribution < -0.4 is 5.48 Å². The smallest absolute Gasteiger partial charge is 0.225 e. The van der Waals surface area contributed by atoms with E-state index in [0.717, 1.165) is 12.8 Å². The second kappa shape index (κ2) is 6.05. The van der Waals surface area contributed by atoms with Gasteiger partial charge in [-0.2, -0.15) is 5.26 Å². The lowest BCUT2D eigenvalue weighted by atomic mass is 10.3. The van der Waals surface area contributed by atoms with Gasteiger partial charge in [-0.25, -0.2) is 5.48 Å². The zero-order chi connectivity index (χ0) is 7.82. The highest BCUT2D eigenvalue weighted by Crippen LogP contribution is 1.86. The summed E-state index contributed by atoms with van der Waals surface area (Å²) in [4.78, 5) is 3.74. The quantitative estimate of drug-likeness (QED) is 0.263. The lowest BCUT2D eigenvalue weighted by Gasteiger charge is -1.92. The van der Waals surface area contributed by atoms with Crippen molar-refractivity contribution < 1.29 is 5.21 Å². The summed E-state index contributed by atoms with van der Waals surface area (Å²) in [6.45, 7) is 2.63. The summed E-state index contributed by atoms with van der Waals surface area (Å²) in [5.41, 5.74) is 1.70. The highest BCUT2D eigenvalue weighted by atomic mass is 16.5. The minimum Gasteiger partial charge on any atom is -0.289 e. The number of hydrogen-bond acceptors (Lipinski definition) is 3. The summed E-state index contributed by atoms with van der Waals surface area (Å²) >= 11 is 0. The molecule has 0 bridgehead atoms. The van der Waals surface area contributed by atoms with E-state index in [1.165, 1.54) is 0 Å². The molecule has 0 radical (unpaired) electrons. The largest absolute Gasteiger partial charge is 0.289 e. The molecule has 4 heteroatoms. The normalized spacial score (nSPS) is 10.7. The Labute approximate surface area is 60.1 Å². The summed E-state index contributed by atoms with van der Waals surface area (Å²) in [6, 6.07) is 1.70. The van der Waals surface area contributed by atoms with E-state index in [1.807, 2.05) is 6.92 Å². The third kappa shape index (κ3) is 3.87. The first-order valence-corrected chi connectivity index (χ1v) is 3.19. The molecule has 0 heterocycles. The van der Waals surface area contributed by atoms with Gasteiger partial charge in [0.15, 0.2) is 0 Å². The van der Waals surface area contributed by atoms with Gasteiger partial charge in [-0.1, -0.05) is 13.3 Å². The molecule has 0 aliphatic carbocycles. The first kappa shape index (κ1) is 8.92. The Kier molecular flexibility index (Phi) is 5.39. The zero-order valence-electron chi connectivity index (χ0n) is 5.96. The van der Waals surface area contributed by atoms with Crippen molar-refractivity contribution in [3.63, 3.8) is 0 Å². The molecule has 0 aromatic rings. The SMILES string of the molecule is CCCCN=C(C#N)NO. The average molecular weight is 141 g/mol. The predicted molar refractivity (Wildman–Crippen MR) is 37.7 cm³/mol. The van der Waals surface area contributed by atoms with E-state index in [-0.39, 0.29) is 5.84 Å². The van der Waals surface area contributed by atoms with Crippen molar-refractivity contribution in [1.82, 2.24) is 5.48 Å². The fourth-order valence-electron chi connectivity index (χ4n) is 0.445. The molecule has 0 spiro atoms. The first-order chi connectivity index (χ1) is 4.85. The van der Waals surface area contributed by atoms with E-state index in [1.54, 1.807) is 11.5 Å². The monoisotopic (exact) mass is 141 g/mol. The number of nitriles is 1. The van der Waals surface area contributed by atoms with Gasteiger partial charge in [0, 0.05) is 6.54 Å². The topological polar surface area (TPSA) is 68.4 Å². The van der Waals surface area contributed by atoms with Crippen LogP contribution in [0.3, 0.4) is 0 Å². The molecule has 0 rings (SSSR count). The summed E-state index contributed by atoms with van der Waals surface area (Å²) < 4.78 is 0. The second-order valence-corrected chi connectivity index (χ2v) is 1.81. The van der Waals surface area contributed by atoms with Gasteiger partial charge < -0.3 is 0 Å². The van der Waals surface area contributed by atoms with Crippen molar-refractivity contribution in [3.05, 3.63) is 0 Å². The molecule has 0 aromatic heterocycles. The number of unbranched alkanes of at least 4 members (excludes halogenated alkanes) is 1. The molecule has 0 saturated carbocycles. The van der Waals surface area contributed by atoms with Crippen LogP contribution in [0.2, 0.25) is 0 Å². The van der Waals surface area contributed by atoms with Gasteiger partial charge >= 0.3 is 0 Å². The highest BCUT2D eigenvalue weighted by molar-refractivity contribution is 5.95. The van der Waals surface area contributed by atoms with Gasteiger partial charge in [0.25, 0.3) is 0 Å². The van der Waals surface area contributed by atoms with Crippen LogP contribution in [0.1, 0.15) is 19.8 Å². The molecule has 0 saturated heterocycles. The van der Waals surface area contributed by atoms with Gasteiger partial charge in [-0.05, 0) is 6.42 Å². The maximum absolute atomic E-state index is 8.22. The number of nitrogens with one attached hydrogen (secondary N) is 1. The Morgan fingerprint density at radius 1 is 1.80 bits per heavy atom. The average Bonchev–Trinajstić information content (AvgIpc) is 1.99. The number of hydrogen-bond donors (Lipinski definition) is 2. The molecule has 0 atom stereocenters. The summed E-state index contributed by atoms with van der Waals surface area (Å²) in [5.74, 6) is -0.0200. The lowest BCUT2D eigenvalue weighted by molar-refractivity contribution is 0.235. The Hall–Kier alpha value is -1.08. The predicted octanol–water partition coefficient (Wildman–Crippen LogP) is 0.687. The van der Waals surface area contributed by atoms with Crippen LogP contribution >= 0.6 is 0 Å². The van der Waals surface area contributed by atoms with E-state index in [4.69, 9.17) is 10.5 Å². The minimum absolute atomic E-state index is 0.0200. The molecule has 56 valence electrons. The standard InChI is InChI=1S/C6H11N3O/c1-2-3-4-8-6(5-7)9-10/h10H,2-4H2,1H3,(H,8,9). The van der Waals surface area contributed by atoms with Crippen LogP contribution in [-0.4, -0.2) is 17.6 Å². The van der Waals surface area contributed by atoms with Crippen molar-refractivity contribution in [1.29, 1.82) is 5.26 Å². The number of hydroxylamine groups is 1. The van der Waals surface area contributed by atoms with Gasteiger partial charge in [0.1, 0.15) is 6.07 Å². The van der Waals surface area contributed by atoms with Crippen LogP contribution in [0.25, 0.3) is 0 Å². The molecule has 0 fully saturated rings. The third-order valence-electron chi connectivity index (χ3n) is 0.993. The summed E-state index contributed by atoms with van der Waals surface area (Å²) in [6.07, 6.45) is 1.97. The maximum Gasteiger partial charge on any atom is 0.225 e. The molecule has 4 nitrogen and oxygen atoms in total. The Bertz CT molecular complexity index is 148. The third-order valence-corrected chi connectivity index (χ3v) is 0.993. The fraction of sp³-hybridized carbons (Fsp3) is 0.667. The number of amidine groups is 1. The van der Waals surface area contributed by atoms with E-state index < -0.39 is 0 Å². The zero-order valence-corrected chi connectivity index (χ0v) is 5.96. The van der Waals surface area contributed by atoms with E-state index in [9.17, 15) is 0 Å². The van der Waals surface area contributed by atoms with Crippen molar-refractivity contribution in [2.24, 2.45) is 4.99 Å². The molecule has 0 aliphatic rings. The molecule has 0 aliphatic heterocycles. The molecule has 2 N–H and O–H groups in total. The summed E-state index contributed by atoms with van der Waals surface area (Å²) in [7, 11) is 0. The van der Waals surface area contributed by atoms with Gasteiger partial charge in [-0.15, -0.1) is 0 Å². The van der Waals surface area contributed by atoms with E-state index in [2.05, 4.69) is 4.99 Å². The Balaban J connectivity index is 3.56. The van der Waals surface area contributed by atoms with Crippen LogP contribution in [0.5, 0.6) is 0 Å². The number of nitrogens with zero attached hydrogens (tertiary/aromatic N) is 2. The molecule has 0 amide bonds. The van der Waals surface area contributed by atoms with Crippen LogP contribution in [0, 0.1) is 11.3 Å². The second-order valence-electron chi connectivity index (χ2n) is 1.81. The number of aliphatic imine (C=N–C) groups is 1. The van der Waals surface area contributed by atoms with Gasteiger partial charge in [-0.3, -0.25) is 10.2 Å². The Morgan fingerprint density at radius 2 is 2.50 bits per heavy atom. The molecule has 0 unspecified atom stereocenters. The molecular weight excluding hydrogens is 130 g/mol. The van der Waals surface area contributed by atoms with Gasteiger partial charge in [0.05, 0.1) is 0 Å². The summed E-state index contributed by atoms with van der Waals surface area (Å²) in [5, 5.41) is 16.4. The lowest BCUT2D eigenvalue weighted by Crippen LogP contribution is -2.16. The first-order valence-electron chi connectivity index (χ1n) is 3.19. The molecular formula is C6H11N3O. The van der Waals surface area contributed by atoms with Crippen LogP contribution in [0.15, 0.2) is 4.99 Å². The van der Waals surface area contributed by atoms with Crippen molar-refractivity contribution in [2.75, 3.05) is 6.54 Å². The van der Waals surface area contributed by atoms with Crippen molar-refractivity contribution in [3.8, 4) is 6.07 Å². The molecule has 0 aromatic carbocycles. The van der Waals surface area contributed by atoms with E-state index in [0.29, 0.717) is 6.54 Å². The van der Waals surface area contributed by atoms with Crippen molar-refractivity contribution in [2.45, 2.75) is 19.8 Å². The van der Waals surface area contributed by atoms with Crippen LogP contribution in [0.4, 0.5) is 0 Å². The van der Waals surface area contributed by atoms with Crippen molar-refractivity contribution >= 4 is 5.84 Å². The molecule has 10 heavy (non-hydrogen) atoms. The van der Waals surface area contributed by atoms with E-state index >= 15 is 0 Å². The van der Waals surface area contributed by atoms with Gasteiger partial charge in [0.2, 0.25) is 5.84 Å². The maximum atomic E-state index is 8.22. The Morgan fingerprint density at radius 3 is 2.90 bits per heavy atom. The fourth-order valence-corrected chi connectivity index (χ4v) is 0.445.